The molecule has 3 heteroatoms. The minimum Gasteiger partial charge on any atom is -0.312 e. The van der Waals surface area contributed by atoms with Gasteiger partial charge in [-0.1, -0.05) is 13.8 Å². The summed E-state index contributed by atoms with van der Waals surface area (Å²) in [6.07, 6.45) is 4.13. The van der Waals surface area contributed by atoms with Gasteiger partial charge in [0.1, 0.15) is 5.82 Å². The van der Waals surface area contributed by atoms with E-state index in [2.05, 4.69) is 29.1 Å². The van der Waals surface area contributed by atoms with Crippen molar-refractivity contribution in [2.24, 2.45) is 0 Å². The van der Waals surface area contributed by atoms with Crippen molar-refractivity contribution in [3.8, 4) is 0 Å². The van der Waals surface area contributed by atoms with Gasteiger partial charge >= 0.3 is 0 Å². The van der Waals surface area contributed by atoms with Gasteiger partial charge in [-0.2, -0.15) is 0 Å². The molecule has 0 radical (unpaired) electrons. The van der Waals surface area contributed by atoms with Crippen LogP contribution in [0.25, 0.3) is 0 Å². The minimum atomic E-state index is 0.482. The van der Waals surface area contributed by atoms with Gasteiger partial charge in [0, 0.05) is 42.9 Å². The lowest BCUT2D eigenvalue weighted by Gasteiger charge is -2.17. The van der Waals surface area contributed by atoms with E-state index in [1.165, 1.54) is 11.3 Å². The van der Waals surface area contributed by atoms with Crippen LogP contribution in [0.4, 0.5) is 0 Å². The third kappa shape index (κ3) is 1.77. The van der Waals surface area contributed by atoms with Crippen LogP contribution < -0.4 is 5.32 Å². The topological polar surface area (TPSA) is 37.8 Å². The Labute approximate surface area is 85.0 Å². The maximum absolute atomic E-state index is 4.63. The molecule has 1 aliphatic rings. The largest absolute Gasteiger partial charge is 0.312 e. The van der Waals surface area contributed by atoms with Crippen LogP contribution >= 0.6 is 0 Å². The smallest absolute Gasteiger partial charge is 0.131 e. The molecule has 0 saturated heterocycles. The van der Waals surface area contributed by atoms with Crippen LogP contribution in [0.1, 0.15) is 43.3 Å². The molecule has 0 aromatic carbocycles. The number of fused-ring (bicyclic) bond motifs is 1. The third-order valence-electron chi connectivity index (χ3n) is 2.88. The lowest BCUT2D eigenvalue weighted by atomic mass is 10.1. The Morgan fingerprint density at radius 3 is 3.21 bits per heavy atom. The van der Waals surface area contributed by atoms with Crippen molar-refractivity contribution < 1.29 is 0 Å². The highest BCUT2D eigenvalue weighted by atomic mass is 14.9. The average Bonchev–Trinajstić information content (AvgIpc) is 2.27. The summed E-state index contributed by atoms with van der Waals surface area (Å²) in [6, 6.07) is 0. The maximum atomic E-state index is 4.63. The van der Waals surface area contributed by atoms with Crippen molar-refractivity contribution in [1.29, 1.82) is 0 Å². The van der Waals surface area contributed by atoms with Gasteiger partial charge in [0.2, 0.25) is 0 Å². The highest BCUT2D eigenvalue weighted by molar-refractivity contribution is 5.20. The third-order valence-corrected chi connectivity index (χ3v) is 2.88. The Hall–Kier alpha value is -0.960. The van der Waals surface area contributed by atoms with Gasteiger partial charge in [-0.05, 0) is 6.42 Å². The average molecular weight is 191 g/mol. The Bertz CT molecular complexity index is 322. The van der Waals surface area contributed by atoms with Crippen molar-refractivity contribution in [2.45, 2.75) is 39.2 Å². The van der Waals surface area contributed by atoms with Gasteiger partial charge in [-0.15, -0.1) is 0 Å². The van der Waals surface area contributed by atoms with E-state index in [0.29, 0.717) is 5.92 Å². The van der Waals surface area contributed by atoms with Crippen molar-refractivity contribution in [1.82, 2.24) is 15.3 Å². The zero-order valence-corrected chi connectivity index (χ0v) is 8.88. The molecule has 14 heavy (non-hydrogen) atoms. The minimum absolute atomic E-state index is 0.482. The van der Waals surface area contributed by atoms with Crippen molar-refractivity contribution >= 4 is 0 Å². The molecular weight excluding hydrogens is 174 g/mol. The van der Waals surface area contributed by atoms with Gasteiger partial charge in [0.15, 0.2) is 0 Å². The van der Waals surface area contributed by atoms with E-state index < -0.39 is 0 Å². The number of hydrogen-bond acceptors (Lipinski definition) is 3. The van der Waals surface area contributed by atoms with Gasteiger partial charge in [-0.25, -0.2) is 9.97 Å². The Kier molecular flexibility index (Phi) is 2.77. The van der Waals surface area contributed by atoms with E-state index in [0.717, 1.165) is 31.8 Å². The Balaban J connectivity index is 2.29. The predicted molar refractivity (Wildman–Crippen MR) is 56.1 cm³/mol. The van der Waals surface area contributed by atoms with Crippen molar-refractivity contribution in [2.75, 3.05) is 6.54 Å². The molecule has 1 atom stereocenters. The SMILES string of the molecule is CC[C@H](C)c1ncc2c(n1)CCNC2. The standard InChI is InChI=1S/C11H17N3/c1-3-8(2)11-13-7-9-6-12-5-4-10(9)14-11/h7-8,12H,3-6H2,1-2H3/t8-/m0/s1. The highest BCUT2D eigenvalue weighted by Crippen LogP contribution is 2.17. The molecule has 0 fully saturated rings. The molecule has 1 aliphatic heterocycles. The maximum Gasteiger partial charge on any atom is 0.131 e. The van der Waals surface area contributed by atoms with Crippen LogP contribution in [0, 0.1) is 0 Å². The van der Waals surface area contributed by atoms with Crippen molar-refractivity contribution in [3.05, 3.63) is 23.3 Å². The molecule has 0 saturated carbocycles. The highest BCUT2D eigenvalue weighted by Gasteiger charge is 2.13. The van der Waals surface area contributed by atoms with Crippen LogP contribution in [-0.4, -0.2) is 16.5 Å². The van der Waals surface area contributed by atoms with Crippen LogP contribution in [-0.2, 0) is 13.0 Å². The fraction of sp³-hybridized carbons (Fsp3) is 0.636. The molecule has 0 amide bonds. The summed E-state index contributed by atoms with van der Waals surface area (Å²) in [7, 11) is 0. The normalized spacial score (nSPS) is 17.6. The van der Waals surface area contributed by atoms with E-state index in [-0.39, 0.29) is 0 Å². The number of hydrogen-bond donors (Lipinski definition) is 1. The molecule has 1 N–H and O–H groups in total. The van der Waals surface area contributed by atoms with Crippen molar-refractivity contribution in [3.63, 3.8) is 0 Å². The second-order valence-electron chi connectivity index (χ2n) is 3.94. The van der Waals surface area contributed by atoms with Crippen LogP contribution in [0.2, 0.25) is 0 Å². The fourth-order valence-corrected chi connectivity index (χ4v) is 1.67. The number of rotatable bonds is 2. The first-order chi connectivity index (χ1) is 6.81. The Morgan fingerprint density at radius 2 is 2.43 bits per heavy atom. The number of nitrogens with one attached hydrogen (secondary N) is 1. The summed E-state index contributed by atoms with van der Waals surface area (Å²) in [5, 5.41) is 3.32. The molecule has 1 aromatic rings. The predicted octanol–water partition coefficient (Wildman–Crippen LogP) is 1.64. The molecule has 0 aliphatic carbocycles. The summed E-state index contributed by atoms with van der Waals surface area (Å²) in [4.78, 5) is 9.04. The summed E-state index contributed by atoms with van der Waals surface area (Å²) in [5.41, 5.74) is 2.51. The summed E-state index contributed by atoms with van der Waals surface area (Å²) in [6.45, 7) is 6.33. The van der Waals surface area contributed by atoms with E-state index in [1.54, 1.807) is 0 Å². The lowest BCUT2D eigenvalue weighted by Crippen LogP contribution is -2.25. The Morgan fingerprint density at radius 1 is 1.57 bits per heavy atom. The van der Waals surface area contributed by atoms with Gasteiger partial charge in [0.05, 0.1) is 0 Å². The quantitative estimate of drug-likeness (QED) is 0.772. The molecule has 0 bridgehead atoms. The molecule has 2 rings (SSSR count). The number of nitrogens with zero attached hydrogens (tertiary/aromatic N) is 2. The van der Waals surface area contributed by atoms with E-state index in [9.17, 15) is 0 Å². The first kappa shape index (κ1) is 9.59. The molecule has 2 heterocycles. The summed E-state index contributed by atoms with van der Waals surface area (Å²) >= 11 is 0. The fourth-order valence-electron chi connectivity index (χ4n) is 1.67. The monoisotopic (exact) mass is 191 g/mol. The molecule has 0 spiro atoms. The lowest BCUT2D eigenvalue weighted by molar-refractivity contribution is 0.603. The second kappa shape index (κ2) is 4.05. The van der Waals surface area contributed by atoms with Gasteiger partial charge in [-0.3, -0.25) is 0 Å². The molecular formula is C11H17N3. The van der Waals surface area contributed by atoms with Crippen LogP contribution in [0.3, 0.4) is 0 Å². The molecule has 0 unspecified atom stereocenters. The van der Waals surface area contributed by atoms with Crippen LogP contribution in [0.15, 0.2) is 6.20 Å². The van der Waals surface area contributed by atoms with E-state index in [1.807, 2.05) is 6.20 Å². The van der Waals surface area contributed by atoms with Crippen LogP contribution in [0.5, 0.6) is 0 Å². The summed E-state index contributed by atoms with van der Waals surface area (Å²) < 4.78 is 0. The zero-order valence-electron chi connectivity index (χ0n) is 8.88. The second-order valence-corrected chi connectivity index (χ2v) is 3.94. The first-order valence-corrected chi connectivity index (χ1v) is 5.36. The molecule has 76 valence electrons. The van der Waals surface area contributed by atoms with Gasteiger partial charge < -0.3 is 5.32 Å². The molecule has 1 aromatic heterocycles. The zero-order chi connectivity index (χ0) is 9.97. The van der Waals surface area contributed by atoms with E-state index in [4.69, 9.17) is 0 Å². The number of aromatic nitrogens is 2. The molecule has 3 nitrogen and oxygen atoms in total. The summed E-state index contributed by atoms with van der Waals surface area (Å²) in [5.74, 6) is 1.49. The van der Waals surface area contributed by atoms with E-state index >= 15 is 0 Å². The first-order valence-electron chi connectivity index (χ1n) is 5.36. The van der Waals surface area contributed by atoms with Gasteiger partial charge in [0.25, 0.3) is 0 Å².